The molecule has 18 heavy (non-hydrogen) atoms. The van der Waals surface area contributed by atoms with E-state index in [0.717, 1.165) is 17.3 Å². The van der Waals surface area contributed by atoms with E-state index in [1.807, 2.05) is 0 Å². The van der Waals surface area contributed by atoms with Crippen LogP contribution < -0.4 is 0 Å². The Morgan fingerprint density at radius 1 is 1.00 bits per heavy atom. The van der Waals surface area contributed by atoms with Crippen LogP contribution in [0.2, 0.25) is 0 Å². The summed E-state index contributed by atoms with van der Waals surface area (Å²) in [4.78, 5) is 0. The maximum atomic E-state index is 2.44. The van der Waals surface area contributed by atoms with Gasteiger partial charge in [0.05, 0.1) is 0 Å². The maximum Gasteiger partial charge on any atom is -0.0271 e. The molecule has 0 aromatic rings. The molecule has 0 heterocycles. The van der Waals surface area contributed by atoms with Gasteiger partial charge < -0.3 is 0 Å². The SMILES string of the molecule is CCCC(C)CCCCCCCC1(CC)CC1C. The summed E-state index contributed by atoms with van der Waals surface area (Å²) in [7, 11) is 0. The summed E-state index contributed by atoms with van der Waals surface area (Å²) >= 11 is 0. The summed E-state index contributed by atoms with van der Waals surface area (Å²) < 4.78 is 0. The molecule has 1 saturated carbocycles. The van der Waals surface area contributed by atoms with Gasteiger partial charge in [-0.05, 0) is 30.1 Å². The van der Waals surface area contributed by atoms with Crippen LogP contribution in [-0.4, -0.2) is 0 Å². The third-order valence-electron chi connectivity index (χ3n) is 5.46. The smallest absolute Gasteiger partial charge is 0.0271 e. The zero-order chi connectivity index (χ0) is 13.4. The van der Waals surface area contributed by atoms with Crippen molar-refractivity contribution < 1.29 is 0 Å². The van der Waals surface area contributed by atoms with E-state index in [1.165, 1.54) is 70.6 Å². The molecule has 0 aromatic carbocycles. The highest BCUT2D eigenvalue weighted by molar-refractivity contribution is 4.98. The van der Waals surface area contributed by atoms with Crippen LogP contribution in [0.4, 0.5) is 0 Å². The molecule has 0 aromatic heterocycles. The molecule has 0 saturated heterocycles. The third-order valence-corrected chi connectivity index (χ3v) is 5.46. The van der Waals surface area contributed by atoms with Gasteiger partial charge in [-0.25, -0.2) is 0 Å². The second kappa shape index (κ2) is 8.23. The fraction of sp³-hybridized carbons (Fsp3) is 1.00. The van der Waals surface area contributed by atoms with Crippen molar-refractivity contribution in [2.75, 3.05) is 0 Å². The molecule has 0 spiro atoms. The van der Waals surface area contributed by atoms with E-state index in [9.17, 15) is 0 Å². The fourth-order valence-electron chi connectivity index (χ4n) is 3.71. The minimum Gasteiger partial charge on any atom is -0.0654 e. The van der Waals surface area contributed by atoms with Gasteiger partial charge in [0, 0.05) is 0 Å². The number of hydrogen-bond donors (Lipinski definition) is 0. The summed E-state index contributed by atoms with van der Waals surface area (Å²) in [6.07, 6.45) is 16.1. The highest BCUT2D eigenvalue weighted by Crippen LogP contribution is 2.58. The summed E-state index contributed by atoms with van der Waals surface area (Å²) in [5.74, 6) is 1.99. The normalized spacial score (nSPS) is 28.3. The monoisotopic (exact) mass is 252 g/mol. The molecule has 0 amide bonds. The summed E-state index contributed by atoms with van der Waals surface area (Å²) in [5, 5.41) is 0. The zero-order valence-corrected chi connectivity index (χ0v) is 13.4. The van der Waals surface area contributed by atoms with Gasteiger partial charge in [-0.3, -0.25) is 0 Å². The topological polar surface area (TPSA) is 0 Å². The Bertz CT molecular complexity index is 204. The Hall–Kier alpha value is 0. The van der Waals surface area contributed by atoms with Gasteiger partial charge in [-0.15, -0.1) is 0 Å². The lowest BCUT2D eigenvalue weighted by Gasteiger charge is -2.13. The van der Waals surface area contributed by atoms with Crippen molar-refractivity contribution in [3.05, 3.63) is 0 Å². The molecule has 1 aliphatic rings. The van der Waals surface area contributed by atoms with Gasteiger partial charge in [0.25, 0.3) is 0 Å². The average molecular weight is 252 g/mol. The van der Waals surface area contributed by atoms with Crippen molar-refractivity contribution in [2.45, 2.75) is 98.3 Å². The molecule has 3 unspecified atom stereocenters. The third kappa shape index (κ3) is 5.33. The molecule has 108 valence electrons. The molecule has 1 rings (SSSR count). The number of hydrogen-bond acceptors (Lipinski definition) is 0. The highest BCUT2D eigenvalue weighted by atomic mass is 14.5. The molecule has 0 bridgehead atoms. The largest absolute Gasteiger partial charge is 0.0654 e. The minimum atomic E-state index is 0.787. The predicted molar refractivity (Wildman–Crippen MR) is 82.9 cm³/mol. The van der Waals surface area contributed by atoms with Gasteiger partial charge in [-0.2, -0.15) is 0 Å². The van der Waals surface area contributed by atoms with E-state index in [0.29, 0.717) is 0 Å². The fourth-order valence-corrected chi connectivity index (χ4v) is 3.71. The van der Waals surface area contributed by atoms with Crippen molar-refractivity contribution in [3.8, 4) is 0 Å². The van der Waals surface area contributed by atoms with Gasteiger partial charge >= 0.3 is 0 Å². The van der Waals surface area contributed by atoms with Crippen molar-refractivity contribution in [3.63, 3.8) is 0 Å². The quantitative estimate of drug-likeness (QED) is 0.364. The second-order valence-electron chi connectivity index (χ2n) is 7.02. The lowest BCUT2D eigenvalue weighted by Crippen LogP contribution is -2.01. The molecule has 0 nitrogen and oxygen atoms in total. The number of rotatable bonds is 11. The van der Waals surface area contributed by atoms with Crippen molar-refractivity contribution in [1.82, 2.24) is 0 Å². The standard InChI is InChI=1S/C18H36/c1-5-12-16(3)13-10-8-7-9-11-14-18(6-2)15-17(18)4/h16-17H,5-15H2,1-4H3. The van der Waals surface area contributed by atoms with Crippen LogP contribution in [0, 0.1) is 17.3 Å². The first-order valence-electron chi connectivity index (χ1n) is 8.64. The van der Waals surface area contributed by atoms with Crippen LogP contribution in [0.25, 0.3) is 0 Å². The van der Waals surface area contributed by atoms with Crippen LogP contribution in [0.3, 0.4) is 0 Å². The Labute approximate surface area is 116 Å². The van der Waals surface area contributed by atoms with E-state index in [-0.39, 0.29) is 0 Å². The first-order valence-corrected chi connectivity index (χ1v) is 8.64. The highest BCUT2D eigenvalue weighted by Gasteiger charge is 2.47. The minimum absolute atomic E-state index is 0.787. The van der Waals surface area contributed by atoms with Crippen LogP contribution >= 0.6 is 0 Å². The molecular weight excluding hydrogens is 216 g/mol. The first-order chi connectivity index (χ1) is 8.64. The van der Waals surface area contributed by atoms with Crippen molar-refractivity contribution >= 4 is 0 Å². The molecule has 3 atom stereocenters. The molecule has 0 radical (unpaired) electrons. The van der Waals surface area contributed by atoms with E-state index < -0.39 is 0 Å². The summed E-state index contributed by atoms with van der Waals surface area (Å²) in [6.45, 7) is 9.55. The van der Waals surface area contributed by atoms with Gasteiger partial charge in [0.2, 0.25) is 0 Å². The maximum absolute atomic E-state index is 2.44. The van der Waals surface area contributed by atoms with E-state index in [1.54, 1.807) is 0 Å². The first kappa shape index (κ1) is 16.1. The van der Waals surface area contributed by atoms with E-state index >= 15 is 0 Å². The predicted octanol–water partition coefficient (Wildman–Crippen LogP) is 6.59. The van der Waals surface area contributed by atoms with Crippen molar-refractivity contribution in [1.29, 1.82) is 0 Å². The Morgan fingerprint density at radius 2 is 1.61 bits per heavy atom. The van der Waals surface area contributed by atoms with Crippen molar-refractivity contribution in [2.24, 2.45) is 17.3 Å². The molecule has 0 heteroatoms. The van der Waals surface area contributed by atoms with Gasteiger partial charge in [0.15, 0.2) is 0 Å². The zero-order valence-electron chi connectivity index (χ0n) is 13.4. The molecule has 0 N–H and O–H groups in total. The molecule has 0 aliphatic heterocycles. The van der Waals surface area contributed by atoms with Gasteiger partial charge in [0.1, 0.15) is 0 Å². The van der Waals surface area contributed by atoms with Crippen LogP contribution in [0.1, 0.15) is 98.3 Å². The summed E-state index contributed by atoms with van der Waals surface area (Å²) in [6, 6.07) is 0. The number of unbranched alkanes of at least 4 members (excludes halogenated alkanes) is 4. The van der Waals surface area contributed by atoms with Crippen LogP contribution in [-0.2, 0) is 0 Å². The molecular formula is C18H36. The lowest BCUT2D eigenvalue weighted by atomic mass is 9.92. The van der Waals surface area contributed by atoms with Crippen LogP contribution in [0.15, 0.2) is 0 Å². The lowest BCUT2D eigenvalue weighted by molar-refractivity contribution is 0.386. The Morgan fingerprint density at radius 3 is 2.17 bits per heavy atom. The summed E-state index contributed by atoms with van der Waals surface area (Å²) in [5.41, 5.74) is 0.787. The molecule has 1 aliphatic carbocycles. The molecule has 1 fully saturated rings. The van der Waals surface area contributed by atoms with Gasteiger partial charge in [-0.1, -0.05) is 85.5 Å². The van der Waals surface area contributed by atoms with E-state index in [4.69, 9.17) is 0 Å². The Balaban J connectivity index is 1.87. The van der Waals surface area contributed by atoms with E-state index in [2.05, 4.69) is 27.7 Å². The Kier molecular flexibility index (Phi) is 7.34. The average Bonchev–Trinajstić information content (AvgIpc) is 3.00. The second-order valence-corrected chi connectivity index (χ2v) is 7.02. The van der Waals surface area contributed by atoms with Crippen LogP contribution in [0.5, 0.6) is 0 Å².